The van der Waals surface area contributed by atoms with Crippen LogP contribution < -0.4 is 5.32 Å². The van der Waals surface area contributed by atoms with Gasteiger partial charge in [0.25, 0.3) is 0 Å². The van der Waals surface area contributed by atoms with E-state index in [4.69, 9.17) is 0 Å². The molecule has 17 heavy (non-hydrogen) atoms. The molecule has 0 aliphatic carbocycles. The fraction of sp³-hybridized carbons (Fsp3) is 1.00. The number of nitrogens with zero attached hydrogens (tertiary/aromatic N) is 1. The van der Waals surface area contributed by atoms with E-state index in [0.717, 1.165) is 0 Å². The number of nitrogens with one attached hydrogen (secondary N) is 1. The monoisotopic (exact) mass is 260 g/mol. The van der Waals surface area contributed by atoms with E-state index < -0.39 is 0 Å². The van der Waals surface area contributed by atoms with Gasteiger partial charge in [0.05, 0.1) is 0 Å². The minimum Gasteiger partial charge on any atom is -0.314 e. The van der Waals surface area contributed by atoms with Crippen LogP contribution in [-0.4, -0.2) is 48.6 Å². The van der Waals surface area contributed by atoms with Crippen LogP contribution in [0.2, 0.25) is 0 Å². The number of hydrogen-bond acceptors (Lipinski definition) is 3. The van der Waals surface area contributed by atoms with Crippen molar-refractivity contribution < 1.29 is 0 Å². The minimum absolute atomic E-state index is 0.678. The summed E-state index contributed by atoms with van der Waals surface area (Å²) in [6.07, 6.45) is 3.93. The van der Waals surface area contributed by atoms with Gasteiger partial charge in [-0.2, -0.15) is 11.8 Å². The second-order valence-corrected chi connectivity index (χ2v) is 5.97. The van der Waals surface area contributed by atoms with Crippen molar-refractivity contribution in [2.24, 2.45) is 0 Å². The summed E-state index contributed by atoms with van der Waals surface area (Å²) in [7, 11) is 0. The van der Waals surface area contributed by atoms with Gasteiger partial charge in [-0.05, 0) is 63.9 Å². The van der Waals surface area contributed by atoms with E-state index in [1.807, 2.05) is 11.8 Å². The first-order valence-electron chi connectivity index (χ1n) is 7.28. The van der Waals surface area contributed by atoms with Gasteiger partial charge in [0, 0.05) is 6.04 Å². The topological polar surface area (TPSA) is 15.3 Å². The Morgan fingerprint density at radius 2 is 1.82 bits per heavy atom. The quantitative estimate of drug-likeness (QED) is 0.542. The zero-order valence-electron chi connectivity index (χ0n) is 12.3. The molecule has 0 spiro atoms. The molecule has 2 nitrogen and oxygen atoms in total. The molecule has 1 unspecified atom stereocenters. The Morgan fingerprint density at radius 3 is 2.41 bits per heavy atom. The Hall–Kier alpha value is 0.270. The number of hydrogen-bond donors (Lipinski definition) is 1. The second kappa shape index (κ2) is 12.7. The molecule has 0 aliphatic heterocycles. The Bertz CT molecular complexity index is 149. The van der Waals surface area contributed by atoms with Crippen LogP contribution >= 0.6 is 11.8 Å². The van der Waals surface area contributed by atoms with Gasteiger partial charge in [0.2, 0.25) is 0 Å². The van der Waals surface area contributed by atoms with Crippen molar-refractivity contribution in [2.75, 3.05) is 37.7 Å². The van der Waals surface area contributed by atoms with Gasteiger partial charge in [0.1, 0.15) is 0 Å². The highest BCUT2D eigenvalue weighted by molar-refractivity contribution is 7.99. The largest absolute Gasteiger partial charge is 0.314 e. The van der Waals surface area contributed by atoms with Gasteiger partial charge in [-0.1, -0.05) is 20.8 Å². The predicted molar refractivity (Wildman–Crippen MR) is 82.1 cm³/mol. The summed E-state index contributed by atoms with van der Waals surface area (Å²) in [5.41, 5.74) is 0. The molecule has 0 aromatic rings. The first-order chi connectivity index (χ1) is 8.24. The first-order valence-corrected chi connectivity index (χ1v) is 8.43. The van der Waals surface area contributed by atoms with Crippen LogP contribution in [-0.2, 0) is 0 Å². The maximum Gasteiger partial charge on any atom is 0.00392 e. The Balaban J connectivity index is 3.30. The minimum atomic E-state index is 0.678. The van der Waals surface area contributed by atoms with Crippen molar-refractivity contribution in [1.29, 1.82) is 0 Å². The van der Waals surface area contributed by atoms with Crippen molar-refractivity contribution in [3.63, 3.8) is 0 Å². The Morgan fingerprint density at radius 1 is 1.12 bits per heavy atom. The van der Waals surface area contributed by atoms with Gasteiger partial charge >= 0.3 is 0 Å². The van der Waals surface area contributed by atoms with Crippen molar-refractivity contribution in [2.45, 2.75) is 53.0 Å². The molecule has 0 rings (SSSR count). The van der Waals surface area contributed by atoms with Crippen molar-refractivity contribution in [3.05, 3.63) is 0 Å². The normalized spacial score (nSPS) is 13.2. The molecule has 0 aromatic carbocycles. The first kappa shape index (κ1) is 17.3. The van der Waals surface area contributed by atoms with E-state index in [9.17, 15) is 0 Å². The molecule has 0 radical (unpaired) electrons. The van der Waals surface area contributed by atoms with E-state index in [1.165, 1.54) is 56.9 Å². The Kier molecular flexibility index (Phi) is 12.9. The lowest BCUT2D eigenvalue weighted by Gasteiger charge is -2.19. The molecule has 0 saturated carbocycles. The molecule has 104 valence electrons. The second-order valence-electron chi connectivity index (χ2n) is 4.57. The molecule has 0 heterocycles. The highest BCUT2D eigenvalue weighted by Gasteiger charge is 2.03. The summed E-state index contributed by atoms with van der Waals surface area (Å²) in [6, 6.07) is 0.678. The van der Waals surface area contributed by atoms with Crippen LogP contribution in [0.15, 0.2) is 0 Å². The Labute approximate surface area is 113 Å². The van der Waals surface area contributed by atoms with Crippen molar-refractivity contribution >= 4 is 11.8 Å². The van der Waals surface area contributed by atoms with E-state index >= 15 is 0 Å². The van der Waals surface area contributed by atoms with Crippen LogP contribution in [0.5, 0.6) is 0 Å². The van der Waals surface area contributed by atoms with Crippen molar-refractivity contribution in [3.8, 4) is 0 Å². The average molecular weight is 260 g/mol. The van der Waals surface area contributed by atoms with Crippen LogP contribution in [0.3, 0.4) is 0 Å². The molecule has 0 bridgehead atoms. The standard InChI is InChI=1S/C14H32N2S/c1-5-16(6-2)12-8-10-14(4)15-11-9-13-17-7-3/h14-15H,5-13H2,1-4H3. The smallest absolute Gasteiger partial charge is 0.00392 e. The van der Waals surface area contributed by atoms with Gasteiger partial charge < -0.3 is 10.2 Å². The highest BCUT2D eigenvalue weighted by atomic mass is 32.2. The molecule has 0 fully saturated rings. The molecule has 0 saturated heterocycles. The lowest BCUT2D eigenvalue weighted by molar-refractivity contribution is 0.290. The fourth-order valence-corrected chi connectivity index (χ4v) is 2.57. The summed E-state index contributed by atoms with van der Waals surface area (Å²) < 4.78 is 0. The predicted octanol–water partition coefficient (Wildman–Crippen LogP) is 3.23. The number of rotatable bonds is 12. The maximum atomic E-state index is 3.62. The van der Waals surface area contributed by atoms with Crippen LogP contribution in [0.25, 0.3) is 0 Å². The maximum absolute atomic E-state index is 3.62. The molecule has 0 aliphatic rings. The fourth-order valence-electron chi connectivity index (χ4n) is 1.93. The van der Waals surface area contributed by atoms with Crippen molar-refractivity contribution in [1.82, 2.24) is 10.2 Å². The SMILES string of the molecule is CCSCCCNC(C)CCCN(CC)CC. The van der Waals surface area contributed by atoms with Gasteiger partial charge in [-0.25, -0.2) is 0 Å². The van der Waals surface area contributed by atoms with E-state index in [0.29, 0.717) is 6.04 Å². The third-order valence-electron chi connectivity index (χ3n) is 3.17. The van der Waals surface area contributed by atoms with E-state index in [2.05, 4.69) is 37.9 Å². The summed E-state index contributed by atoms with van der Waals surface area (Å²) in [6.45, 7) is 13.8. The number of thioether (sulfide) groups is 1. The van der Waals surface area contributed by atoms with Gasteiger partial charge in [0.15, 0.2) is 0 Å². The zero-order valence-corrected chi connectivity index (χ0v) is 13.1. The van der Waals surface area contributed by atoms with E-state index in [-0.39, 0.29) is 0 Å². The molecule has 3 heteroatoms. The molecular formula is C14H32N2S. The lowest BCUT2D eigenvalue weighted by Crippen LogP contribution is -2.29. The lowest BCUT2D eigenvalue weighted by atomic mass is 10.1. The molecule has 0 amide bonds. The molecule has 1 atom stereocenters. The van der Waals surface area contributed by atoms with Crippen LogP contribution in [0.4, 0.5) is 0 Å². The third kappa shape index (κ3) is 11.1. The van der Waals surface area contributed by atoms with E-state index in [1.54, 1.807) is 0 Å². The summed E-state index contributed by atoms with van der Waals surface area (Å²) in [5, 5.41) is 3.62. The van der Waals surface area contributed by atoms with Gasteiger partial charge in [-0.15, -0.1) is 0 Å². The molecular weight excluding hydrogens is 228 g/mol. The average Bonchev–Trinajstić information content (AvgIpc) is 2.34. The van der Waals surface area contributed by atoms with Crippen LogP contribution in [0.1, 0.15) is 47.0 Å². The molecule has 0 aromatic heterocycles. The van der Waals surface area contributed by atoms with Crippen LogP contribution in [0, 0.1) is 0 Å². The zero-order chi connectivity index (χ0) is 12.9. The highest BCUT2D eigenvalue weighted by Crippen LogP contribution is 2.02. The molecule has 1 N–H and O–H groups in total. The summed E-state index contributed by atoms with van der Waals surface area (Å²) >= 11 is 2.04. The summed E-state index contributed by atoms with van der Waals surface area (Å²) in [5.74, 6) is 2.55. The summed E-state index contributed by atoms with van der Waals surface area (Å²) in [4.78, 5) is 2.50. The third-order valence-corrected chi connectivity index (χ3v) is 4.15. The van der Waals surface area contributed by atoms with Gasteiger partial charge in [-0.3, -0.25) is 0 Å².